The van der Waals surface area contributed by atoms with Crippen molar-refractivity contribution >= 4 is 40.6 Å². The number of carboxylic acid groups (broad SMARTS) is 1. The number of thiazole rings is 2. The van der Waals surface area contributed by atoms with Gasteiger partial charge in [0.25, 0.3) is 5.91 Å². The van der Waals surface area contributed by atoms with E-state index in [1.54, 1.807) is 12.3 Å². The average Bonchev–Trinajstić information content (AvgIpc) is 3.38. The van der Waals surface area contributed by atoms with Crippen molar-refractivity contribution in [3.63, 3.8) is 0 Å². The predicted octanol–water partition coefficient (Wildman–Crippen LogP) is 2.76. The molecule has 0 aliphatic rings. The van der Waals surface area contributed by atoms with Crippen LogP contribution in [0.4, 0.5) is 9.18 Å². The molecule has 13 heteroatoms. The summed E-state index contributed by atoms with van der Waals surface area (Å²) in [6.45, 7) is 1.30. The molecule has 0 bridgehead atoms. The molecule has 3 rings (SSSR count). The first-order valence-corrected chi connectivity index (χ1v) is 10.7. The van der Waals surface area contributed by atoms with Crippen LogP contribution in [0.1, 0.15) is 21.1 Å². The second kappa shape index (κ2) is 9.70. The minimum Gasteiger partial charge on any atom is -0.507 e. The predicted molar refractivity (Wildman–Crippen MR) is 114 cm³/mol. The quantitative estimate of drug-likeness (QED) is 0.403. The second-order valence-electron chi connectivity index (χ2n) is 6.33. The number of aromatic nitrogens is 2. The minimum absolute atomic E-state index is 0.0108. The highest BCUT2D eigenvalue weighted by Crippen LogP contribution is 2.36. The van der Waals surface area contributed by atoms with Crippen molar-refractivity contribution in [2.45, 2.75) is 13.5 Å². The van der Waals surface area contributed by atoms with Crippen molar-refractivity contribution < 1.29 is 33.7 Å². The van der Waals surface area contributed by atoms with Gasteiger partial charge >= 0.3 is 12.1 Å². The number of nitrogens with one attached hydrogen (secondary N) is 2. The normalized spacial score (nSPS) is 10.6. The van der Waals surface area contributed by atoms with Crippen molar-refractivity contribution in [1.82, 2.24) is 20.6 Å². The van der Waals surface area contributed by atoms with Crippen LogP contribution in [0.3, 0.4) is 0 Å². The summed E-state index contributed by atoms with van der Waals surface area (Å²) in [5.74, 6) is -3.49. The van der Waals surface area contributed by atoms with E-state index in [0.29, 0.717) is 16.4 Å². The van der Waals surface area contributed by atoms with Gasteiger partial charge in [-0.2, -0.15) is 0 Å². The summed E-state index contributed by atoms with van der Waals surface area (Å²) < 4.78 is 19.2. The summed E-state index contributed by atoms with van der Waals surface area (Å²) in [6.07, 6.45) is -0.578. The van der Waals surface area contributed by atoms with Crippen LogP contribution in [0.2, 0.25) is 0 Å². The maximum absolute atomic E-state index is 14.7. The fraction of sp³-hybridized carbons (Fsp3) is 0.211. The third-order valence-corrected chi connectivity index (χ3v) is 6.16. The van der Waals surface area contributed by atoms with Gasteiger partial charge < -0.3 is 25.6 Å². The zero-order chi connectivity index (χ0) is 23.4. The Morgan fingerprint density at radius 2 is 1.97 bits per heavy atom. The number of halogens is 1. The van der Waals surface area contributed by atoms with Gasteiger partial charge in [-0.1, -0.05) is 0 Å². The Kier molecular flexibility index (Phi) is 7.00. The second-order valence-corrected chi connectivity index (χ2v) is 8.27. The number of aliphatic carboxylic acids is 1. The summed E-state index contributed by atoms with van der Waals surface area (Å²) in [5.41, 5.74) is 0.836. The highest BCUT2D eigenvalue weighted by atomic mass is 32.1. The molecule has 3 aromatic rings. The van der Waals surface area contributed by atoms with Crippen LogP contribution in [0, 0.1) is 12.7 Å². The number of ether oxygens (including phenoxy) is 1. The first-order chi connectivity index (χ1) is 15.2. The Balaban J connectivity index is 1.83. The molecule has 0 saturated heterocycles. The lowest BCUT2D eigenvalue weighted by Crippen LogP contribution is -2.29. The van der Waals surface area contributed by atoms with Gasteiger partial charge in [-0.15, -0.1) is 22.7 Å². The SMILES string of the molecule is COC(=O)NCc1nc(C)c(-c2csc(-c3cc(O)c(C(=O)NCC(=O)O)cc3F)n2)s1. The molecule has 0 aliphatic heterocycles. The van der Waals surface area contributed by atoms with Crippen LogP contribution in [0.15, 0.2) is 17.5 Å². The average molecular weight is 480 g/mol. The highest BCUT2D eigenvalue weighted by Gasteiger charge is 2.20. The van der Waals surface area contributed by atoms with E-state index in [1.165, 1.54) is 18.4 Å². The van der Waals surface area contributed by atoms with Crippen LogP contribution in [0.5, 0.6) is 5.75 Å². The number of hydrogen-bond acceptors (Lipinski definition) is 9. The van der Waals surface area contributed by atoms with Gasteiger partial charge in [-0.05, 0) is 19.1 Å². The number of carbonyl (C=O) groups excluding carboxylic acids is 2. The maximum Gasteiger partial charge on any atom is 0.407 e. The molecule has 1 aromatic carbocycles. The van der Waals surface area contributed by atoms with Gasteiger partial charge in [0.05, 0.1) is 35.5 Å². The van der Waals surface area contributed by atoms with Crippen LogP contribution in [0.25, 0.3) is 21.1 Å². The molecule has 4 N–H and O–H groups in total. The molecule has 168 valence electrons. The third kappa shape index (κ3) is 5.18. The van der Waals surface area contributed by atoms with E-state index < -0.39 is 36.1 Å². The summed E-state index contributed by atoms with van der Waals surface area (Å²) in [6, 6.07) is 1.90. The monoisotopic (exact) mass is 480 g/mol. The van der Waals surface area contributed by atoms with Crippen LogP contribution in [-0.4, -0.2) is 51.8 Å². The number of hydrogen-bond donors (Lipinski definition) is 4. The molecule has 32 heavy (non-hydrogen) atoms. The largest absolute Gasteiger partial charge is 0.507 e. The molecule has 0 atom stereocenters. The maximum atomic E-state index is 14.7. The first-order valence-electron chi connectivity index (χ1n) is 8.96. The number of phenols is 1. The molecule has 2 aromatic heterocycles. The smallest absolute Gasteiger partial charge is 0.407 e. The van der Waals surface area contributed by atoms with E-state index in [0.717, 1.165) is 28.3 Å². The molecule has 2 heterocycles. The van der Waals surface area contributed by atoms with Crippen LogP contribution in [-0.2, 0) is 16.1 Å². The number of carboxylic acids is 1. The molecule has 10 nitrogen and oxygen atoms in total. The lowest BCUT2D eigenvalue weighted by Gasteiger charge is -2.07. The number of carbonyl (C=O) groups is 3. The number of rotatable bonds is 7. The molecular formula is C19H17FN4O6S2. The summed E-state index contributed by atoms with van der Waals surface area (Å²) in [4.78, 5) is 43.3. The molecule has 0 radical (unpaired) electrons. The molecule has 0 saturated carbocycles. The van der Waals surface area contributed by atoms with Crippen molar-refractivity contribution in [3.05, 3.63) is 39.6 Å². The number of aryl methyl sites for hydroxylation is 1. The summed E-state index contributed by atoms with van der Waals surface area (Å²) >= 11 is 2.45. The van der Waals surface area contributed by atoms with Crippen LogP contribution < -0.4 is 10.6 Å². The van der Waals surface area contributed by atoms with E-state index >= 15 is 0 Å². The molecular weight excluding hydrogens is 463 g/mol. The van der Waals surface area contributed by atoms with E-state index in [9.17, 15) is 23.9 Å². The first kappa shape index (κ1) is 23.1. The van der Waals surface area contributed by atoms with Crippen molar-refractivity contribution in [2.24, 2.45) is 0 Å². The minimum atomic E-state index is -1.27. The highest BCUT2D eigenvalue weighted by molar-refractivity contribution is 7.16. The number of nitrogens with zero attached hydrogens (tertiary/aromatic N) is 2. The fourth-order valence-electron chi connectivity index (χ4n) is 2.65. The van der Waals surface area contributed by atoms with Gasteiger partial charge in [0.15, 0.2) is 0 Å². The number of amides is 2. The number of phenolic OH excluding ortho intramolecular Hbond substituents is 1. The van der Waals surface area contributed by atoms with Gasteiger partial charge in [0.1, 0.15) is 28.1 Å². The lowest BCUT2D eigenvalue weighted by atomic mass is 10.1. The zero-order valence-corrected chi connectivity index (χ0v) is 18.4. The van der Waals surface area contributed by atoms with Crippen molar-refractivity contribution in [2.75, 3.05) is 13.7 Å². The topological polar surface area (TPSA) is 151 Å². The third-order valence-electron chi connectivity index (χ3n) is 4.11. The summed E-state index contributed by atoms with van der Waals surface area (Å²) in [7, 11) is 1.26. The lowest BCUT2D eigenvalue weighted by molar-refractivity contribution is -0.135. The number of methoxy groups -OCH3 is 1. The fourth-order valence-corrected chi connectivity index (χ4v) is 4.51. The van der Waals surface area contributed by atoms with Gasteiger partial charge in [0.2, 0.25) is 0 Å². The van der Waals surface area contributed by atoms with Gasteiger partial charge in [0, 0.05) is 10.9 Å². The van der Waals surface area contributed by atoms with Gasteiger partial charge in [-0.25, -0.2) is 19.2 Å². The zero-order valence-electron chi connectivity index (χ0n) is 16.8. The number of aromatic hydroxyl groups is 1. The van der Waals surface area contributed by atoms with Gasteiger partial charge in [-0.3, -0.25) is 9.59 Å². The Labute approximate surface area is 188 Å². The van der Waals surface area contributed by atoms with E-state index in [4.69, 9.17) is 5.11 Å². The molecule has 2 amide bonds. The Hall–Kier alpha value is -3.58. The Bertz CT molecular complexity index is 1190. The van der Waals surface area contributed by atoms with Crippen LogP contribution >= 0.6 is 22.7 Å². The number of benzene rings is 1. The molecule has 0 spiro atoms. The Morgan fingerprint density at radius 1 is 1.22 bits per heavy atom. The Morgan fingerprint density at radius 3 is 2.66 bits per heavy atom. The summed E-state index contributed by atoms with van der Waals surface area (Å²) in [5, 5.41) is 26.0. The molecule has 0 aliphatic carbocycles. The van der Waals surface area contributed by atoms with E-state index in [1.807, 2.05) is 0 Å². The molecule has 0 fully saturated rings. The number of alkyl carbamates (subject to hydrolysis) is 1. The van der Waals surface area contributed by atoms with Crippen molar-refractivity contribution in [1.29, 1.82) is 0 Å². The van der Waals surface area contributed by atoms with E-state index in [-0.39, 0.29) is 22.7 Å². The van der Waals surface area contributed by atoms with Crippen molar-refractivity contribution in [3.8, 4) is 26.9 Å². The molecule has 0 unspecified atom stereocenters. The standard InChI is InChI=1S/C19H17FN4O6S2/c1-8-16(32-14(23-8)5-22-19(29)30-2)12-7-31-18(24-12)9-4-13(25)10(3-11(9)20)17(28)21-6-15(26)27/h3-4,7,25H,5-6H2,1-2H3,(H,21,28)(H,22,29)(H,26,27). The van der Waals surface area contributed by atoms with E-state index in [2.05, 4.69) is 25.3 Å².